The summed E-state index contributed by atoms with van der Waals surface area (Å²) >= 11 is 0. The number of carboxylic acid groups (broad SMARTS) is 1. The second kappa shape index (κ2) is 3.14. The van der Waals surface area contributed by atoms with Crippen molar-refractivity contribution in [2.24, 2.45) is 0 Å². The zero-order valence-corrected chi connectivity index (χ0v) is 7.08. The summed E-state index contributed by atoms with van der Waals surface area (Å²) in [5.74, 6) is -0.944. The molecule has 2 N–H and O–H groups in total. The quantitative estimate of drug-likeness (QED) is 0.654. The number of hydrogen-bond acceptors (Lipinski definition) is 3. The summed E-state index contributed by atoms with van der Waals surface area (Å²) in [6.07, 6.45) is 2.45. The predicted octanol–water partition coefficient (Wildman–Crippen LogP) is 0.426. The Morgan fingerprint density at radius 3 is 3.23 bits per heavy atom. The maximum atomic E-state index is 10.8. The normalized spacial score (nSPS) is 15.1. The number of carbonyl (C=O) groups is 1. The Morgan fingerprint density at radius 1 is 1.62 bits per heavy atom. The molecule has 0 unspecified atom stereocenters. The molecule has 4 nitrogen and oxygen atoms in total. The maximum absolute atomic E-state index is 10.8. The largest absolute Gasteiger partial charge is 0.477 e. The maximum Gasteiger partial charge on any atom is 0.354 e. The van der Waals surface area contributed by atoms with Crippen LogP contribution in [0.4, 0.5) is 0 Å². The highest BCUT2D eigenvalue weighted by atomic mass is 16.4. The van der Waals surface area contributed by atoms with Gasteiger partial charge in [0.05, 0.1) is 0 Å². The molecule has 13 heavy (non-hydrogen) atoms. The monoisotopic (exact) mass is 178 g/mol. The molecule has 1 aromatic rings. The third-order valence-electron chi connectivity index (χ3n) is 2.23. The van der Waals surface area contributed by atoms with Gasteiger partial charge in [0.1, 0.15) is 0 Å². The van der Waals surface area contributed by atoms with E-state index in [9.17, 15) is 4.79 Å². The van der Waals surface area contributed by atoms with E-state index in [-0.39, 0.29) is 5.69 Å². The number of nitrogens with zero attached hydrogens (tertiary/aromatic N) is 1. The van der Waals surface area contributed by atoms with E-state index in [1.54, 1.807) is 6.20 Å². The van der Waals surface area contributed by atoms with Crippen LogP contribution in [-0.2, 0) is 13.0 Å². The van der Waals surface area contributed by atoms with Crippen LogP contribution in [0.15, 0.2) is 12.3 Å². The molecule has 2 rings (SSSR count). The van der Waals surface area contributed by atoms with Gasteiger partial charge in [-0.2, -0.15) is 0 Å². The molecule has 1 aromatic heterocycles. The molecule has 2 heterocycles. The molecule has 1 aliphatic heterocycles. The number of rotatable bonds is 1. The second-order valence-corrected chi connectivity index (χ2v) is 3.03. The first-order valence-electron chi connectivity index (χ1n) is 4.20. The molecule has 1 aliphatic rings. The van der Waals surface area contributed by atoms with Crippen molar-refractivity contribution in [3.63, 3.8) is 0 Å². The first-order valence-corrected chi connectivity index (χ1v) is 4.20. The molecule has 68 valence electrons. The van der Waals surface area contributed by atoms with Gasteiger partial charge in [0.25, 0.3) is 0 Å². The van der Waals surface area contributed by atoms with Crippen LogP contribution in [0.25, 0.3) is 0 Å². The van der Waals surface area contributed by atoms with Gasteiger partial charge in [-0.05, 0) is 24.6 Å². The highest BCUT2D eigenvalue weighted by molar-refractivity contribution is 5.87. The zero-order chi connectivity index (χ0) is 9.26. The highest BCUT2D eigenvalue weighted by Crippen LogP contribution is 2.15. The molecule has 0 bridgehead atoms. The molecular formula is C9H10N2O2. The smallest absolute Gasteiger partial charge is 0.354 e. The number of hydrogen-bond donors (Lipinski definition) is 2. The van der Waals surface area contributed by atoms with Crippen LogP contribution in [0.1, 0.15) is 21.6 Å². The molecule has 0 saturated heterocycles. The van der Waals surface area contributed by atoms with Gasteiger partial charge in [-0.1, -0.05) is 0 Å². The van der Waals surface area contributed by atoms with Crippen molar-refractivity contribution in [1.82, 2.24) is 10.3 Å². The van der Waals surface area contributed by atoms with Crippen LogP contribution in [0.3, 0.4) is 0 Å². The Labute approximate surface area is 75.6 Å². The minimum absolute atomic E-state index is 0.185. The second-order valence-electron chi connectivity index (χ2n) is 3.03. The standard InChI is InChI=1S/C9H10N2O2/c12-9(13)8-7-5-10-3-1-6(7)2-4-11-8/h2,4,10H,1,3,5H2,(H,12,13). The van der Waals surface area contributed by atoms with Crippen molar-refractivity contribution in [3.05, 3.63) is 29.1 Å². The SMILES string of the molecule is O=C(O)c1nccc2c1CNCC2. The van der Waals surface area contributed by atoms with E-state index < -0.39 is 5.97 Å². The Morgan fingerprint density at radius 2 is 2.46 bits per heavy atom. The van der Waals surface area contributed by atoms with Gasteiger partial charge in [-0.3, -0.25) is 0 Å². The van der Waals surface area contributed by atoms with Gasteiger partial charge in [0.2, 0.25) is 0 Å². The Hall–Kier alpha value is -1.42. The van der Waals surface area contributed by atoms with Crippen LogP contribution >= 0.6 is 0 Å². The molecule has 0 radical (unpaired) electrons. The van der Waals surface area contributed by atoms with Crippen molar-refractivity contribution >= 4 is 5.97 Å². The van der Waals surface area contributed by atoms with E-state index in [1.807, 2.05) is 6.07 Å². The number of nitrogens with one attached hydrogen (secondary N) is 1. The number of aromatic nitrogens is 1. The number of fused-ring (bicyclic) bond motifs is 1. The predicted molar refractivity (Wildman–Crippen MR) is 46.6 cm³/mol. The van der Waals surface area contributed by atoms with Gasteiger partial charge < -0.3 is 10.4 Å². The van der Waals surface area contributed by atoms with Crippen LogP contribution in [0.5, 0.6) is 0 Å². The zero-order valence-electron chi connectivity index (χ0n) is 7.08. The molecule has 0 aromatic carbocycles. The van der Waals surface area contributed by atoms with E-state index in [0.29, 0.717) is 6.54 Å². The average molecular weight is 178 g/mol. The van der Waals surface area contributed by atoms with Gasteiger partial charge in [-0.15, -0.1) is 0 Å². The van der Waals surface area contributed by atoms with Crippen molar-refractivity contribution < 1.29 is 9.90 Å². The number of carboxylic acids is 1. The number of aromatic carboxylic acids is 1. The third kappa shape index (κ3) is 1.40. The van der Waals surface area contributed by atoms with E-state index in [0.717, 1.165) is 24.1 Å². The van der Waals surface area contributed by atoms with E-state index >= 15 is 0 Å². The Balaban J connectivity index is 2.52. The third-order valence-corrected chi connectivity index (χ3v) is 2.23. The fraction of sp³-hybridized carbons (Fsp3) is 0.333. The van der Waals surface area contributed by atoms with Gasteiger partial charge >= 0.3 is 5.97 Å². The van der Waals surface area contributed by atoms with Crippen molar-refractivity contribution in [3.8, 4) is 0 Å². The first-order chi connectivity index (χ1) is 6.29. The summed E-state index contributed by atoms with van der Waals surface area (Å²) in [7, 11) is 0. The van der Waals surface area contributed by atoms with E-state index in [1.165, 1.54) is 0 Å². The lowest BCUT2D eigenvalue weighted by Gasteiger charge is -2.17. The summed E-state index contributed by atoms with van der Waals surface area (Å²) in [6.45, 7) is 1.53. The Bertz CT molecular complexity index is 349. The van der Waals surface area contributed by atoms with Crippen molar-refractivity contribution in [2.45, 2.75) is 13.0 Å². The summed E-state index contributed by atoms with van der Waals surface area (Å²) < 4.78 is 0. The van der Waals surface area contributed by atoms with Crippen LogP contribution in [-0.4, -0.2) is 22.6 Å². The van der Waals surface area contributed by atoms with Crippen LogP contribution < -0.4 is 5.32 Å². The van der Waals surface area contributed by atoms with Crippen molar-refractivity contribution in [1.29, 1.82) is 0 Å². The molecule has 4 heteroatoms. The fourth-order valence-corrected chi connectivity index (χ4v) is 1.58. The first kappa shape index (κ1) is 8.19. The van der Waals surface area contributed by atoms with Crippen molar-refractivity contribution in [2.75, 3.05) is 6.54 Å². The lowest BCUT2D eigenvalue weighted by Crippen LogP contribution is -2.26. The molecule has 0 fully saturated rings. The fourth-order valence-electron chi connectivity index (χ4n) is 1.58. The summed E-state index contributed by atoms with van der Waals surface area (Å²) in [5.41, 5.74) is 2.12. The summed E-state index contributed by atoms with van der Waals surface area (Å²) in [5, 5.41) is 12.0. The molecule has 0 amide bonds. The van der Waals surface area contributed by atoms with Gasteiger partial charge in [0.15, 0.2) is 5.69 Å². The Kier molecular flexibility index (Phi) is 1.98. The summed E-state index contributed by atoms with van der Waals surface area (Å²) in [6, 6.07) is 1.89. The highest BCUT2D eigenvalue weighted by Gasteiger charge is 2.17. The molecule has 0 aliphatic carbocycles. The van der Waals surface area contributed by atoms with Crippen LogP contribution in [0.2, 0.25) is 0 Å². The lowest BCUT2D eigenvalue weighted by molar-refractivity contribution is 0.0688. The lowest BCUT2D eigenvalue weighted by atomic mass is 10.0. The molecule has 0 atom stereocenters. The molecular weight excluding hydrogens is 168 g/mol. The van der Waals surface area contributed by atoms with Gasteiger partial charge in [-0.25, -0.2) is 9.78 Å². The van der Waals surface area contributed by atoms with E-state index in [4.69, 9.17) is 5.11 Å². The number of pyridine rings is 1. The minimum Gasteiger partial charge on any atom is -0.477 e. The van der Waals surface area contributed by atoms with Crippen LogP contribution in [0, 0.1) is 0 Å². The molecule has 0 saturated carbocycles. The summed E-state index contributed by atoms with van der Waals surface area (Å²) in [4.78, 5) is 14.6. The molecule has 0 spiro atoms. The minimum atomic E-state index is -0.944. The topological polar surface area (TPSA) is 62.2 Å². The van der Waals surface area contributed by atoms with Gasteiger partial charge in [0, 0.05) is 18.3 Å². The van der Waals surface area contributed by atoms with E-state index in [2.05, 4.69) is 10.3 Å². The average Bonchev–Trinajstić information content (AvgIpc) is 2.17.